The summed E-state index contributed by atoms with van der Waals surface area (Å²) in [4.78, 5) is 0. The third-order valence-electron chi connectivity index (χ3n) is 1.71. The summed E-state index contributed by atoms with van der Waals surface area (Å²) in [6.45, 7) is 6.25. The van der Waals surface area contributed by atoms with Gasteiger partial charge < -0.3 is 26.6 Å². The molecule has 0 aromatic rings. The average molecular weight is 319 g/mol. The maximum Gasteiger partial charge on any atom is 0.483 e. The summed E-state index contributed by atoms with van der Waals surface area (Å²) in [6.07, 6.45) is 0. The van der Waals surface area contributed by atoms with Crippen LogP contribution in [0.4, 0.5) is 0 Å². The van der Waals surface area contributed by atoms with Crippen molar-refractivity contribution in [1.82, 2.24) is 0 Å². The van der Waals surface area contributed by atoms with Crippen molar-refractivity contribution in [1.29, 1.82) is 0 Å². The van der Waals surface area contributed by atoms with E-state index in [0.717, 1.165) is 0 Å². The molecule has 0 aliphatic heterocycles. The van der Waals surface area contributed by atoms with Crippen molar-refractivity contribution in [2.24, 2.45) is 0 Å². The highest BCUT2D eigenvalue weighted by Gasteiger charge is 2.04. The van der Waals surface area contributed by atoms with Gasteiger partial charge in [0.25, 0.3) is 0 Å². The monoisotopic (exact) mass is 318 g/mol. The van der Waals surface area contributed by atoms with E-state index in [-0.39, 0.29) is 0 Å². The maximum atomic E-state index is 4.89. The van der Waals surface area contributed by atoms with E-state index in [4.69, 9.17) is 26.6 Å². The first-order valence-electron chi connectivity index (χ1n) is 5.60. The van der Waals surface area contributed by atoms with Crippen LogP contribution >= 0.6 is 0 Å². The van der Waals surface area contributed by atoms with Gasteiger partial charge in [-0.1, -0.05) is 0 Å². The lowest BCUT2D eigenvalue weighted by Gasteiger charge is -2.05. The Morgan fingerprint density at radius 1 is 0.500 bits per heavy atom. The average Bonchev–Trinajstić information content (AvgIpc) is 2.41. The van der Waals surface area contributed by atoms with Crippen LogP contribution in [-0.4, -0.2) is 70.5 Å². The highest BCUT2D eigenvalue weighted by Crippen LogP contribution is 1.81. The maximum absolute atomic E-state index is 4.89. The highest BCUT2D eigenvalue weighted by atomic mass is 28.3. The summed E-state index contributed by atoms with van der Waals surface area (Å²) < 4.78 is 28.8. The molecular formula is C9H30O6Si3. The van der Waals surface area contributed by atoms with Gasteiger partial charge >= 0.3 is 18.8 Å². The highest BCUT2D eigenvalue weighted by molar-refractivity contribution is 6.48. The standard InChI is InChI=1S/C3H10O3Si.C3H10O2Si.C3H10OSi/c1-4-7(5-2)6-3;1-4-6(3)5-2;1-4-5(2)3/h7H,1-3H3;6H,1-3H3;5H,1-3H3. The predicted octanol–water partition coefficient (Wildman–Crippen LogP) is 0.388. The second kappa shape index (κ2) is 19.7. The molecule has 0 saturated carbocycles. The van der Waals surface area contributed by atoms with E-state index in [9.17, 15) is 0 Å². The second-order valence-electron chi connectivity index (χ2n) is 3.32. The van der Waals surface area contributed by atoms with Gasteiger partial charge in [-0.3, -0.25) is 0 Å². The van der Waals surface area contributed by atoms with E-state index in [1.807, 2.05) is 6.55 Å². The molecule has 0 radical (unpaired) electrons. The molecule has 0 aromatic heterocycles. The van der Waals surface area contributed by atoms with Gasteiger partial charge in [-0.15, -0.1) is 0 Å². The first-order chi connectivity index (χ1) is 8.42. The van der Waals surface area contributed by atoms with Crippen LogP contribution in [-0.2, 0) is 26.6 Å². The van der Waals surface area contributed by atoms with Gasteiger partial charge in [0.1, 0.15) is 0 Å². The predicted molar refractivity (Wildman–Crippen MR) is 81.1 cm³/mol. The van der Waals surface area contributed by atoms with Crippen LogP contribution < -0.4 is 0 Å². The molecule has 0 amide bonds. The summed E-state index contributed by atoms with van der Waals surface area (Å²) in [6, 6.07) is 0. The number of rotatable bonds is 6. The minimum absolute atomic E-state index is 0.650. The second-order valence-corrected chi connectivity index (χ2v) is 9.96. The molecule has 0 aliphatic rings. The molecule has 0 atom stereocenters. The van der Waals surface area contributed by atoms with E-state index in [0.29, 0.717) is 0 Å². The zero-order valence-electron chi connectivity index (χ0n) is 13.2. The summed E-state index contributed by atoms with van der Waals surface area (Å²) >= 11 is 0. The lowest BCUT2D eigenvalue weighted by Crippen LogP contribution is -2.21. The molecule has 0 bridgehead atoms. The van der Waals surface area contributed by atoms with E-state index >= 15 is 0 Å². The lowest BCUT2D eigenvalue weighted by molar-refractivity contribution is 0.163. The molecular weight excluding hydrogens is 288 g/mol. The van der Waals surface area contributed by atoms with Crippen LogP contribution in [0, 0.1) is 0 Å². The van der Waals surface area contributed by atoms with Gasteiger partial charge in [0.15, 0.2) is 9.04 Å². The molecule has 0 fully saturated rings. The molecule has 0 aromatic carbocycles. The zero-order valence-corrected chi connectivity index (χ0v) is 16.6. The molecule has 114 valence electrons. The van der Waals surface area contributed by atoms with Crippen LogP contribution in [0.25, 0.3) is 0 Å². The van der Waals surface area contributed by atoms with Crippen molar-refractivity contribution in [3.05, 3.63) is 0 Å². The summed E-state index contributed by atoms with van der Waals surface area (Å²) in [5, 5.41) is 0. The summed E-state index contributed by atoms with van der Waals surface area (Å²) in [7, 11) is 6.33. The van der Waals surface area contributed by atoms with E-state index in [1.165, 1.54) is 0 Å². The van der Waals surface area contributed by atoms with Crippen LogP contribution in [0.5, 0.6) is 0 Å². The molecule has 9 heteroatoms. The largest absolute Gasteiger partial charge is 0.483 e. The first-order valence-corrected chi connectivity index (χ1v) is 11.9. The van der Waals surface area contributed by atoms with Crippen LogP contribution in [0.3, 0.4) is 0 Å². The molecule has 0 unspecified atom stereocenters. The Balaban J connectivity index is -0.000000190. The van der Waals surface area contributed by atoms with Crippen molar-refractivity contribution in [3.8, 4) is 0 Å². The van der Waals surface area contributed by atoms with E-state index in [2.05, 4.69) is 13.1 Å². The van der Waals surface area contributed by atoms with Crippen molar-refractivity contribution in [2.75, 3.05) is 42.7 Å². The molecule has 18 heavy (non-hydrogen) atoms. The van der Waals surface area contributed by atoms with Crippen LogP contribution in [0.1, 0.15) is 0 Å². The van der Waals surface area contributed by atoms with Crippen molar-refractivity contribution in [2.45, 2.75) is 19.6 Å². The van der Waals surface area contributed by atoms with E-state index < -0.39 is 27.9 Å². The van der Waals surface area contributed by atoms with Gasteiger partial charge in [0.2, 0.25) is 0 Å². The third kappa shape index (κ3) is 25.3. The fourth-order valence-electron chi connectivity index (χ4n) is 0.385. The van der Waals surface area contributed by atoms with Gasteiger partial charge in [0.05, 0.1) is 0 Å². The summed E-state index contributed by atoms with van der Waals surface area (Å²) in [5.41, 5.74) is 0. The van der Waals surface area contributed by atoms with Gasteiger partial charge in [-0.25, -0.2) is 0 Å². The normalized spacial score (nSPS) is 10.0. The third-order valence-corrected chi connectivity index (χ3v) is 5.14. The van der Waals surface area contributed by atoms with Crippen LogP contribution in [0.15, 0.2) is 0 Å². The van der Waals surface area contributed by atoms with Crippen LogP contribution in [0.2, 0.25) is 19.6 Å². The Kier molecular flexibility index (Phi) is 25.8. The van der Waals surface area contributed by atoms with Gasteiger partial charge in [0, 0.05) is 42.7 Å². The first kappa shape index (κ1) is 23.5. The fraction of sp³-hybridized carbons (Fsp3) is 1.00. The molecule has 0 aliphatic carbocycles. The minimum Gasteiger partial charge on any atom is -0.424 e. The summed E-state index contributed by atoms with van der Waals surface area (Å²) in [5.74, 6) is 0. The Hall–Kier alpha value is 0.411. The van der Waals surface area contributed by atoms with Gasteiger partial charge in [-0.05, 0) is 19.6 Å². The quantitative estimate of drug-likeness (QED) is 0.660. The zero-order chi connectivity index (χ0) is 15.0. The Morgan fingerprint density at radius 3 is 0.778 bits per heavy atom. The molecule has 0 N–H and O–H groups in total. The number of hydrogen-bond donors (Lipinski definition) is 0. The Bertz CT molecular complexity index is 128. The minimum atomic E-state index is -1.67. The molecule has 6 nitrogen and oxygen atoms in total. The number of hydrogen-bond acceptors (Lipinski definition) is 6. The van der Waals surface area contributed by atoms with Crippen molar-refractivity contribution >= 4 is 27.9 Å². The molecule has 0 heterocycles. The molecule has 0 spiro atoms. The lowest BCUT2D eigenvalue weighted by atomic mass is 11.8. The molecule has 0 saturated heterocycles. The van der Waals surface area contributed by atoms with Gasteiger partial charge in [-0.2, -0.15) is 0 Å². The fourth-order valence-corrected chi connectivity index (χ4v) is 1.15. The van der Waals surface area contributed by atoms with Crippen molar-refractivity contribution in [3.63, 3.8) is 0 Å². The Labute approximate surface area is 117 Å². The SMILES string of the molecule is CO[SiH](C)C.CO[SiH](C)OC.CO[SiH](OC)OC. The smallest absolute Gasteiger partial charge is 0.424 e. The van der Waals surface area contributed by atoms with Crippen molar-refractivity contribution < 1.29 is 26.6 Å². The topological polar surface area (TPSA) is 55.4 Å². The Morgan fingerprint density at radius 2 is 0.778 bits per heavy atom. The van der Waals surface area contributed by atoms with E-state index in [1.54, 1.807) is 42.7 Å². The molecule has 0 rings (SSSR count).